The number of hydrogen-bond donors (Lipinski definition) is 1. The Morgan fingerprint density at radius 2 is 1.67 bits per heavy atom. The molecule has 9 heteroatoms. The van der Waals surface area contributed by atoms with Gasteiger partial charge in [0.2, 0.25) is 11.8 Å². The maximum atomic E-state index is 14.2. The van der Waals surface area contributed by atoms with Crippen molar-refractivity contribution in [3.05, 3.63) is 78.4 Å². The average molecular weight is 528 g/mol. The summed E-state index contributed by atoms with van der Waals surface area (Å²) in [6.45, 7) is -0.102. The molecule has 4 aromatic rings. The number of nitrogens with one attached hydrogen (secondary N) is 1. The van der Waals surface area contributed by atoms with Crippen LogP contribution in [0.4, 0.5) is 5.69 Å². The van der Waals surface area contributed by atoms with Crippen LogP contribution in [0.25, 0.3) is 11.0 Å². The Hall–Kier alpha value is -4.40. The molecule has 0 bridgehead atoms. The lowest BCUT2D eigenvalue weighted by molar-refractivity contribution is -0.127. The van der Waals surface area contributed by atoms with Gasteiger partial charge < -0.3 is 14.8 Å². The minimum atomic E-state index is -0.909. The quantitative estimate of drug-likeness (QED) is 0.340. The molecule has 1 aliphatic carbocycles. The minimum Gasteiger partial charge on any atom is -0.493 e. The number of methoxy groups -OCH3 is 2. The van der Waals surface area contributed by atoms with E-state index in [1.807, 2.05) is 54.6 Å². The van der Waals surface area contributed by atoms with Crippen molar-refractivity contribution in [3.8, 4) is 11.5 Å². The number of aromatic nitrogens is 3. The molecule has 1 aliphatic rings. The average Bonchev–Trinajstić information content (AvgIpc) is 3.38. The van der Waals surface area contributed by atoms with Gasteiger partial charge in [0.05, 0.1) is 19.7 Å². The number of para-hydroxylation sites is 1. The topological polar surface area (TPSA) is 98.6 Å². The molecule has 5 rings (SSSR count). The van der Waals surface area contributed by atoms with Crippen molar-refractivity contribution in [2.45, 2.75) is 50.7 Å². The molecular weight excluding hydrogens is 494 g/mol. The van der Waals surface area contributed by atoms with Crippen LogP contribution in [0.15, 0.2) is 72.8 Å². The van der Waals surface area contributed by atoms with Gasteiger partial charge in [-0.1, -0.05) is 66.9 Å². The number of carbonyl (C=O) groups excluding carboxylic acids is 2. The van der Waals surface area contributed by atoms with Crippen LogP contribution in [0.3, 0.4) is 0 Å². The van der Waals surface area contributed by atoms with Crippen LogP contribution in [0, 0.1) is 0 Å². The van der Waals surface area contributed by atoms with Crippen molar-refractivity contribution in [2.24, 2.45) is 0 Å². The summed E-state index contributed by atoms with van der Waals surface area (Å²) in [5.41, 5.74) is 2.64. The largest absolute Gasteiger partial charge is 0.493 e. The van der Waals surface area contributed by atoms with Crippen LogP contribution in [0.5, 0.6) is 11.5 Å². The predicted molar refractivity (Wildman–Crippen MR) is 149 cm³/mol. The summed E-state index contributed by atoms with van der Waals surface area (Å²) in [5.74, 6) is 0.447. The van der Waals surface area contributed by atoms with Gasteiger partial charge >= 0.3 is 0 Å². The molecule has 202 valence electrons. The first-order valence-electron chi connectivity index (χ1n) is 13.3. The molecule has 0 aliphatic heterocycles. The first-order valence-corrected chi connectivity index (χ1v) is 13.3. The highest BCUT2D eigenvalue weighted by Crippen LogP contribution is 2.36. The minimum absolute atomic E-state index is 0.0825. The molecule has 1 atom stereocenters. The zero-order valence-corrected chi connectivity index (χ0v) is 22.2. The number of carbonyl (C=O) groups is 2. The molecule has 1 heterocycles. The van der Waals surface area contributed by atoms with Crippen molar-refractivity contribution in [3.63, 3.8) is 0 Å². The second kappa shape index (κ2) is 12.0. The lowest BCUT2D eigenvalue weighted by Crippen LogP contribution is -2.48. The van der Waals surface area contributed by atoms with Crippen LogP contribution < -0.4 is 19.7 Å². The number of nitrogens with zero attached hydrogens (tertiary/aromatic N) is 4. The molecule has 0 unspecified atom stereocenters. The molecule has 1 saturated carbocycles. The fourth-order valence-electron chi connectivity index (χ4n) is 5.23. The molecule has 39 heavy (non-hydrogen) atoms. The molecule has 2 amide bonds. The molecule has 0 radical (unpaired) electrons. The van der Waals surface area contributed by atoms with Gasteiger partial charge in [0, 0.05) is 17.8 Å². The summed E-state index contributed by atoms with van der Waals surface area (Å²) in [6, 6.07) is 21.3. The van der Waals surface area contributed by atoms with Gasteiger partial charge in [-0.25, -0.2) is 4.68 Å². The zero-order valence-electron chi connectivity index (χ0n) is 22.2. The van der Waals surface area contributed by atoms with Gasteiger partial charge in [0.25, 0.3) is 0 Å². The first kappa shape index (κ1) is 26.2. The summed E-state index contributed by atoms with van der Waals surface area (Å²) in [4.78, 5) is 29.8. The van der Waals surface area contributed by atoms with Crippen LogP contribution in [-0.4, -0.2) is 47.1 Å². The number of amides is 2. The van der Waals surface area contributed by atoms with E-state index in [0.717, 1.165) is 31.2 Å². The molecule has 1 aromatic heterocycles. The van der Waals surface area contributed by atoms with E-state index < -0.39 is 6.04 Å². The van der Waals surface area contributed by atoms with Gasteiger partial charge in [-0.3, -0.25) is 14.5 Å². The van der Waals surface area contributed by atoms with Gasteiger partial charge in [-0.05, 0) is 42.7 Å². The molecular formula is C30H33N5O4. The normalized spacial score (nSPS) is 14.5. The lowest BCUT2D eigenvalue weighted by Gasteiger charge is -2.33. The van der Waals surface area contributed by atoms with E-state index in [2.05, 4.69) is 15.6 Å². The Morgan fingerprint density at radius 1 is 0.949 bits per heavy atom. The van der Waals surface area contributed by atoms with Gasteiger partial charge in [-0.2, -0.15) is 0 Å². The SMILES string of the molecule is COc1ccc(N(C(=O)Cn2nnc3ccccc32)[C@H](C(=O)NC2CCCCC2)c2ccccc2)cc1OC. The van der Waals surface area contributed by atoms with E-state index in [-0.39, 0.29) is 24.4 Å². The summed E-state index contributed by atoms with van der Waals surface area (Å²) in [6.07, 6.45) is 5.21. The summed E-state index contributed by atoms with van der Waals surface area (Å²) in [7, 11) is 3.10. The van der Waals surface area contributed by atoms with Crippen molar-refractivity contribution in [2.75, 3.05) is 19.1 Å². The number of hydrogen-bond acceptors (Lipinski definition) is 6. The fraction of sp³-hybridized carbons (Fsp3) is 0.333. The Kier molecular flexibility index (Phi) is 8.05. The van der Waals surface area contributed by atoms with Crippen LogP contribution in [-0.2, 0) is 16.1 Å². The smallest absolute Gasteiger partial charge is 0.249 e. The van der Waals surface area contributed by atoms with Gasteiger partial charge in [0.1, 0.15) is 18.1 Å². The van der Waals surface area contributed by atoms with E-state index in [4.69, 9.17) is 9.47 Å². The second-order valence-corrected chi connectivity index (χ2v) is 9.70. The van der Waals surface area contributed by atoms with Crippen LogP contribution in [0.1, 0.15) is 43.7 Å². The van der Waals surface area contributed by atoms with Crippen molar-refractivity contribution in [1.29, 1.82) is 0 Å². The van der Waals surface area contributed by atoms with Gasteiger partial charge in [0.15, 0.2) is 11.5 Å². The van der Waals surface area contributed by atoms with Gasteiger partial charge in [-0.15, -0.1) is 5.10 Å². The summed E-state index contributed by atoms with van der Waals surface area (Å²) in [5, 5.41) is 11.7. The molecule has 9 nitrogen and oxygen atoms in total. The van der Waals surface area contributed by atoms with Crippen LogP contribution >= 0.6 is 0 Å². The number of ether oxygens (including phenoxy) is 2. The van der Waals surface area contributed by atoms with Crippen LogP contribution in [0.2, 0.25) is 0 Å². The zero-order chi connectivity index (χ0) is 27.2. The maximum Gasteiger partial charge on any atom is 0.249 e. The molecule has 1 N–H and O–H groups in total. The standard InChI is InChI=1S/C30H33N5O4/c1-38-26-18-17-23(19-27(26)39-2)35(28(36)20-34-25-16-10-9-15-24(25)32-33-34)29(21-11-5-3-6-12-21)30(37)31-22-13-7-4-8-14-22/h3,5-6,9-12,15-19,22,29H,4,7-8,13-14,20H2,1-2H3,(H,31,37)/t29-/m0/s1. The lowest BCUT2D eigenvalue weighted by atomic mass is 9.94. The van der Waals surface area contributed by atoms with Crippen molar-refractivity contribution >= 4 is 28.5 Å². The third-order valence-electron chi connectivity index (χ3n) is 7.19. The number of benzene rings is 3. The molecule has 1 fully saturated rings. The number of anilines is 1. The first-order chi connectivity index (χ1) is 19.1. The molecule has 0 saturated heterocycles. The Labute approximate surface area is 227 Å². The van der Waals surface area contributed by atoms with E-state index >= 15 is 0 Å². The third-order valence-corrected chi connectivity index (χ3v) is 7.19. The van der Waals surface area contributed by atoms with Crippen molar-refractivity contribution < 1.29 is 19.1 Å². The molecule has 0 spiro atoms. The highest BCUT2D eigenvalue weighted by molar-refractivity contribution is 6.01. The summed E-state index contributed by atoms with van der Waals surface area (Å²) >= 11 is 0. The van der Waals surface area contributed by atoms with Crippen molar-refractivity contribution in [1.82, 2.24) is 20.3 Å². The van der Waals surface area contributed by atoms with E-state index in [0.29, 0.717) is 28.3 Å². The van der Waals surface area contributed by atoms with E-state index in [1.54, 1.807) is 37.1 Å². The number of rotatable bonds is 9. The molecule has 3 aromatic carbocycles. The fourth-order valence-corrected chi connectivity index (χ4v) is 5.23. The monoisotopic (exact) mass is 527 g/mol. The highest BCUT2D eigenvalue weighted by atomic mass is 16.5. The Balaban J connectivity index is 1.58. The highest BCUT2D eigenvalue weighted by Gasteiger charge is 2.35. The van der Waals surface area contributed by atoms with E-state index in [9.17, 15) is 9.59 Å². The Morgan fingerprint density at radius 3 is 2.41 bits per heavy atom. The second-order valence-electron chi connectivity index (χ2n) is 9.70. The number of fused-ring (bicyclic) bond motifs is 1. The maximum absolute atomic E-state index is 14.2. The van der Waals surface area contributed by atoms with E-state index in [1.165, 1.54) is 11.3 Å². The summed E-state index contributed by atoms with van der Waals surface area (Å²) < 4.78 is 12.5. The third kappa shape index (κ3) is 5.72. The Bertz CT molecular complexity index is 1430. The predicted octanol–water partition coefficient (Wildman–Crippen LogP) is 4.67.